The molecule has 7 nitrogen and oxygen atoms in total. The SMILES string of the molecule is OCc1ccccc1Sc1ccccc1CNc1nc(N2CCC(O)(O)CC2)c2ccccc2n1. The van der Waals surface area contributed by atoms with E-state index in [9.17, 15) is 15.3 Å². The minimum Gasteiger partial charge on any atom is -0.392 e. The van der Waals surface area contributed by atoms with Crippen LogP contribution in [-0.2, 0) is 13.2 Å². The molecule has 8 heteroatoms. The van der Waals surface area contributed by atoms with Crippen LogP contribution in [0.1, 0.15) is 24.0 Å². The van der Waals surface area contributed by atoms with Gasteiger partial charge in [-0.15, -0.1) is 0 Å². The van der Waals surface area contributed by atoms with Crippen molar-refractivity contribution in [2.75, 3.05) is 23.3 Å². The van der Waals surface area contributed by atoms with Gasteiger partial charge in [0.15, 0.2) is 5.79 Å². The summed E-state index contributed by atoms with van der Waals surface area (Å²) in [6.45, 7) is 1.56. The third-order valence-corrected chi connectivity index (χ3v) is 7.46. The number of rotatable bonds is 7. The summed E-state index contributed by atoms with van der Waals surface area (Å²) in [6, 6.07) is 23.9. The lowest BCUT2D eigenvalue weighted by Gasteiger charge is -2.35. The summed E-state index contributed by atoms with van der Waals surface area (Å²) in [7, 11) is 0. The number of aliphatic hydroxyl groups is 3. The Labute approximate surface area is 208 Å². The lowest BCUT2D eigenvalue weighted by atomic mass is 10.0. The average molecular weight is 489 g/mol. The van der Waals surface area contributed by atoms with Gasteiger partial charge < -0.3 is 25.5 Å². The fourth-order valence-corrected chi connectivity index (χ4v) is 5.30. The van der Waals surface area contributed by atoms with E-state index >= 15 is 0 Å². The Morgan fingerprint density at radius 1 is 0.829 bits per heavy atom. The second-order valence-corrected chi connectivity index (χ2v) is 9.77. The van der Waals surface area contributed by atoms with Gasteiger partial charge in [0.2, 0.25) is 5.95 Å². The van der Waals surface area contributed by atoms with Crippen molar-refractivity contribution in [3.8, 4) is 0 Å². The van der Waals surface area contributed by atoms with Crippen LogP contribution in [0.15, 0.2) is 82.6 Å². The molecule has 35 heavy (non-hydrogen) atoms. The molecule has 0 spiro atoms. The zero-order valence-electron chi connectivity index (χ0n) is 19.3. The summed E-state index contributed by atoms with van der Waals surface area (Å²) in [6.07, 6.45) is 0.544. The molecule has 0 bridgehead atoms. The molecule has 0 amide bonds. The van der Waals surface area contributed by atoms with Crippen LogP contribution in [0, 0.1) is 0 Å². The lowest BCUT2D eigenvalue weighted by Crippen LogP contribution is -2.44. The van der Waals surface area contributed by atoms with Crippen molar-refractivity contribution < 1.29 is 15.3 Å². The molecule has 180 valence electrons. The molecule has 0 unspecified atom stereocenters. The predicted octanol–water partition coefficient (Wildman–Crippen LogP) is 4.17. The molecule has 1 aromatic heterocycles. The van der Waals surface area contributed by atoms with E-state index in [1.807, 2.05) is 60.7 Å². The number of aliphatic hydroxyl groups excluding tert-OH is 1. The maximum atomic E-state index is 9.95. The molecule has 4 aromatic rings. The molecule has 0 radical (unpaired) electrons. The van der Waals surface area contributed by atoms with Gasteiger partial charge in [0.05, 0.1) is 12.1 Å². The van der Waals surface area contributed by atoms with E-state index < -0.39 is 5.79 Å². The maximum Gasteiger partial charge on any atom is 0.225 e. The zero-order valence-corrected chi connectivity index (χ0v) is 20.1. The van der Waals surface area contributed by atoms with Gasteiger partial charge in [0, 0.05) is 47.7 Å². The number of aromatic nitrogens is 2. The van der Waals surface area contributed by atoms with E-state index in [-0.39, 0.29) is 19.4 Å². The number of benzene rings is 3. The number of nitrogens with zero attached hydrogens (tertiary/aromatic N) is 3. The summed E-state index contributed by atoms with van der Waals surface area (Å²) in [5.74, 6) is -0.289. The molecule has 1 saturated heterocycles. The second kappa shape index (κ2) is 10.2. The van der Waals surface area contributed by atoms with Crippen LogP contribution in [0.5, 0.6) is 0 Å². The van der Waals surface area contributed by atoms with Gasteiger partial charge in [0.1, 0.15) is 5.82 Å². The van der Waals surface area contributed by atoms with Gasteiger partial charge in [-0.2, -0.15) is 4.98 Å². The number of anilines is 2. The first kappa shape index (κ1) is 23.6. The van der Waals surface area contributed by atoms with Crippen LogP contribution >= 0.6 is 11.8 Å². The molecular formula is C27H28N4O3S. The normalized spacial score (nSPS) is 15.3. The van der Waals surface area contributed by atoms with Crippen LogP contribution < -0.4 is 10.2 Å². The van der Waals surface area contributed by atoms with E-state index in [1.54, 1.807) is 11.8 Å². The van der Waals surface area contributed by atoms with Crippen molar-refractivity contribution in [3.05, 3.63) is 83.9 Å². The molecule has 1 fully saturated rings. The molecule has 0 saturated carbocycles. The van der Waals surface area contributed by atoms with Gasteiger partial charge in [-0.05, 0) is 35.4 Å². The molecule has 0 atom stereocenters. The molecule has 3 aromatic carbocycles. The minimum atomic E-state index is -1.61. The molecular weight excluding hydrogens is 460 g/mol. The van der Waals surface area contributed by atoms with Crippen LogP contribution in [0.25, 0.3) is 10.9 Å². The Morgan fingerprint density at radius 2 is 1.46 bits per heavy atom. The second-order valence-electron chi connectivity index (χ2n) is 8.69. The number of hydrogen-bond acceptors (Lipinski definition) is 8. The maximum absolute atomic E-state index is 9.95. The fraction of sp³-hybridized carbons (Fsp3) is 0.259. The predicted molar refractivity (Wildman–Crippen MR) is 138 cm³/mol. The van der Waals surface area contributed by atoms with Crippen molar-refractivity contribution in [1.29, 1.82) is 0 Å². The van der Waals surface area contributed by atoms with E-state index in [4.69, 9.17) is 9.97 Å². The summed E-state index contributed by atoms with van der Waals surface area (Å²) in [5.41, 5.74) is 2.84. The van der Waals surface area contributed by atoms with E-state index in [2.05, 4.69) is 22.3 Å². The van der Waals surface area contributed by atoms with Crippen molar-refractivity contribution in [3.63, 3.8) is 0 Å². The van der Waals surface area contributed by atoms with Gasteiger partial charge in [0.25, 0.3) is 0 Å². The van der Waals surface area contributed by atoms with Crippen molar-refractivity contribution in [2.45, 2.75) is 41.6 Å². The van der Waals surface area contributed by atoms with Crippen LogP contribution in [0.4, 0.5) is 11.8 Å². The first-order valence-corrected chi connectivity index (χ1v) is 12.5. The van der Waals surface area contributed by atoms with Crippen molar-refractivity contribution >= 4 is 34.4 Å². The van der Waals surface area contributed by atoms with Crippen molar-refractivity contribution in [1.82, 2.24) is 9.97 Å². The largest absolute Gasteiger partial charge is 0.392 e. The zero-order chi connectivity index (χ0) is 24.3. The third kappa shape index (κ3) is 5.41. The topological polar surface area (TPSA) is 102 Å². The Balaban J connectivity index is 1.39. The highest BCUT2D eigenvalue weighted by molar-refractivity contribution is 7.99. The van der Waals surface area contributed by atoms with Gasteiger partial charge in [-0.25, -0.2) is 4.98 Å². The number of piperidine rings is 1. The molecule has 1 aliphatic heterocycles. The van der Waals surface area contributed by atoms with E-state index in [0.29, 0.717) is 25.6 Å². The van der Waals surface area contributed by atoms with Gasteiger partial charge in [-0.1, -0.05) is 60.3 Å². The average Bonchev–Trinajstić information content (AvgIpc) is 2.88. The third-order valence-electron chi connectivity index (χ3n) is 6.22. The van der Waals surface area contributed by atoms with E-state index in [0.717, 1.165) is 37.6 Å². The highest BCUT2D eigenvalue weighted by Crippen LogP contribution is 2.34. The van der Waals surface area contributed by atoms with Crippen LogP contribution in [-0.4, -0.2) is 44.2 Å². The number of hydrogen-bond donors (Lipinski definition) is 4. The van der Waals surface area contributed by atoms with E-state index in [1.165, 1.54) is 0 Å². The van der Waals surface area contributed by atoms with Gasteiger partial charge >= 0.3 is 0 Å². The summed E-state index contributed by atoms with van der Waals surface area (Å²) >= 11 is 1.63. The Morgan fingerprint density at radius 3 is 2.20 bits per heavy atom. The number of para-hydroxylation sites is 1. The first-order valence-electron chi connectivity index (χ1n) is 11.7. The molecule has 4 N–H and O–H groups in total. The molecule has 5 rings (SSSR count). The fourth-order valence-electron chi connectivity index (χ4n) is 4.23. The summed E-state index contributed by atoms with van der Waals surface area (Å²) in [5, 5.41) is 33.9. The van der Waals surface area contributed by atoms with Crippen molar-refractivity contribution in [2.24, 2.45) is 0 Å². The summed E-state index contributed by atoms with van der Waals surface area (Å²) in [4.78, 5) is 13.8. The summed E-state index contributed by atoms with van der Waals surface area (Å²) < 4.78 is 0. The number of nitrogens with one attached hydrogen (secondary N) is 1. The Hall–Kier alpha value is -3.17. The molecule has 0 aliphatic carbocycles. The smallest absolute Gasteiger partial charge is 0.225 e. The van der Waals surface area contributed by atoms with Crippen LogP contribution in [0.2, 0.25) is 0 Å². The minimum absolute atomic E-state index is 0.00147. The standard InChI is InChI=1S/C27H28N4O3S/c32-18-20-8-2-6-12-24(20)35-23-11-5-1-7-19(23)17-28-26-29-22-10-4-3-9-21(22)25(30-26)31-15-13-27(33,34)14-16-31/h1-12,32-34H,13-18H2,(H,28,29,30). The lowest BCUT2D eigenvalue weighted by molar-refractivity contribution is -0.172. The highest BCUT2D eigenvalue weighted by Gasteiger charge is 2.30. The Bertz CT molecular complexity index is 1320. The monoisotopic (exact) mass is 488 g/mol. The molecule has 1 aliphatic rings. The molecule has 2 heterocycles. The first-order chi connectivity index (χ1) is 17.0. The Kier molecular flexibility index (Phi) is 6.88. The quantitative estimate of drug-likeness (QED) is 0.288. The highest BCUT2D eigenvalue weighted by atomic mass is 32.2. The number of fused-ring (bicyclic) bond motifs is 1. The van der Waals surface area contributed by atoms with Crippen LogP contribution in [0.3, 0.4) is 0 Å². The van der Waals surface area contributed by atoms with Gasteiger partial charge in [-0.3, -0.25) is 0 Å².